The number of nitrogens with zero attached hydrogens (tertiary/aromatic N) is 3. The zero-order chi connectivity index (χ0) is 16.9. The molecule has 3 aromatic rings. The van der Waals surface area contributed by atoms with Crippen molar-refractivity contribution in [2.75, 3.05) is 5.32 Å². The Balaban J connectivity index is 1.83. The van der Waals surface area contributed by atoms with Crippen molar-refractivity contribution in [1.29, 1.82) is 0 Å². The van der Waals surface area contributed by atoms with Crippen LogP contribution in [-0.2, 0) is 11.2 Å². The average Bonchev–Trinajstić information content (AvgIpc) is 3.03. The van der Waals surface area contributed by atoms with Gasteiger partial charge in [-0.05, 0) is 48.7 Å². The maximum Gasteiger partial charge on any atom is 0.224 e. The molecule has 1 aromatic heterocycles. The molecule has 124 valence electrons. The average molecular weight is 322 g/mol. The summed E-state index contributed by atoms with van der Waals surface area (Å²) in [4.78, 5) is 13.1. The molecular weight excluding hydrogens is 300 g/mol. The molecule has 0 bridgehead atoms. The molecule has 0 aliphatic heterocycles. The fourth-order valence-electron chi connectivity index (χ4n) is 2.53. The molecule has 0 fully saturated rings. The van der Waals surface area contributed by atoms with E-state index in [1.807, 2.05) is 37.3 Å². The number of fused-ring (bicyclic) bond motifs is 1. The highest BCUT2D eigenvalue weighted by atomic mass is 16.1. The molecule has 1 heterocycles. The molecule has 0 aliphatic carbocycles. The molecule has 0 unspecified atom stereocenters. The van der Waals surface area contributed by atoms with Crippen LogP contribution in [0, 0.1) is 0 Å². The van der Waals surface area contributed by atoms with Crippen LogP contribution in [0.15, 0.2) is 42.5 Å². The van der Waals surface area contributed by atoms with E-state index in [4.69, 9.17) is 0 Å². The van der Waals surface area contributed by atoms with Gasteiger partial charge in [0.2, 0.25) is 5.91 Å². The van der Waals surface area contributed by atoms with Crippen LogP contribution in [0.3, 0.4) is 0 Å². The first kappa shape index (κ1) is 16.2. The maximum absolute atomic E-state index is 11.5. The van der Waals surface area contributed by atoms with Gasteiger partial charge >= 0.3 is 0 Å². The molecular formula is C19H22N4O. The number of aryl methyl sites for hydroxylation is 1. The third-order valence-corrected chi connectivity index (χ3v) is 3.97. The van der Waals surface area contributed by atoms with Gasteiger partial charge < -0.3 is 5.32 Å². The lowest BCUT2D eigenvalue weighted by atomic mass is 10.1. The number of anilines is 1. The number of amides is 1. The highest BCUT2D eigenvalue weighted by Gasteiger charge is 2.07. The van der Waals surface area contributed by atoms with Crippen molar-refractivity contribution < 1.29 is 4.79 Å². The van der Waals surface area contributed by atoms with Gasteiger partial charge in [0, 0.05) is 12.1 Å². The molecule has 0 saturated heterocycles. The van der Waals surface area contributed by atoms with Crippen molar-refractivity contribution in [3.8, 4) is 5.69 Å². The summed E-state index contributed by atoms with van der Waals surface area (Å²) in [5.41, 5.74) is 4.59. The molecule has 0 saturated carbocycles. The Morgan fingerprint density at radius 1 is 1.04 bits per heavy atom. The predicted molar refractivity (Wildman–Crippen MR) is 96.4 cm³/mol. The zero-order valence-electron chi connectivity index (χ0n) is 14.1. The number of unbranched alkanes of at least 4 members (excludes halogenated alkanes) is 1. The highest BCUT2D eigenvalue weighted by Crippen LogP contribution is 2.18. The molecule has 0 aliphatic rings. The third kappa shape index (κ3) is 3.62. The van der Waals surface area contributed by atoms with Gasteiger partial charge in [-0.25, -0.2) is 0 Å². The van der Waals surface area contributed by atoms with E-state index in [1.54, 1.807) is 4.80 Å². The Morgan fingerprint density at radius 3 is 2.50 bits per heavy atom. The van der Waals surface area contributed by atoms with E-state index in [9.17, 15) is 4.79 Å². The minimum atomic E-state index is -0.00981. The van der Waals surface area contributed by atoms with Crippen molar-refractivity contribution in [3.05, 3.63) is 48.0 Å². The standard InChI is InChI=1S/C19H22N4O/c1-3-5-6-14-7-10-16(11-8-14)23-21-17-12-9-15(13-18(17)22-23)20-19(24)4-2/h7-13H,3-6H2,1-2H3,(H,20,24). The summed E-state index contributed by atoms with van der Waals surface area (Å²) in [7, 11) is 0. The Hall–Kier alpha value is -2.69. The van der Waals surface area contributed by atoms with Crippen LogP contribution in [0.25, 0.3) is 16.7 Å². The predicted octanol–water partition coefficient (Wildman–Crippen LogP) is 4.11. The van der Waals surface area contributed by atoms with Crippen LogP contribution in [0.2, 0.25) is 0 Å². The smallest absolute Gasteiger partial charge is 0.224 e. The monoisotopic (exact) mass is 322 g/mol. The molecule has 0 spiro atoms. The van der Waals surface area contributed by atoms with Crippen LogP contribution in [-0.4, -0.2) is 20.9 Å². The maximum atomic E-state index is 11.5. The van der Waals surface area contributed by atoms with Crippen molar-refractivity contribution in [3.63, 3.8) is 0 Å². The van der Waals surface area contributed by atoms with Crippen LogP contribution in [0.4, 0.5) is 5.69 Å². The van der Waals surface area contributed by atoms with E-state index < -0.39 is 0 Å². The number of carbonyl (C=O) groups excluding carboxylic acids is 1. The molecule has 24 heavy (non-hydrogen) atoms. The fraction of sp³-hybridized carbons (Fsp3) is 0.316. The van der Waals surface area contributed by atoms with Gasteiger partial charge in [0.1, 0.15) is 11.0 Å². The summed E-state index contributed by atoms with van der Waals surface area (Å²) in [6, 6.07) is 13.9. The second-order valence-corrected chi connectivity index (χ2v) is 5.86. The number of aromatic nitrogens is 3. The topological polar surface area (TPSA) is 59.8 Å². The van der Waals surface area contributed by atoms with Crippen LogP contribution in [0.1, 0.15) is 38.7 Å². The quantitative estimate of drug-likeness (QED) is 0.743. The van der Waals surface area contributed by atoms with Gasteiger partial charge in [-0.15, -0.1) is 10.2 Å². The summed E-state index contributed by atoms with van der Waals surface area (Å²) in [5, 5.41) is 11.9. The molecule has 0 atom stereocenters. The highest BCUT2D eigenvalue weighted by molar-refractivity contribution is 5.92. The summed E-state index contributed by atoms with van der Waals surface area (Å²) < 4.78 is 0. The number of hydrogen-bond donors (Lipinski definition) is 1. The third-order valence-electron chi connectivity index (χ3n) is 3.97. The summed E-state index contributed by atoms with van der Waals surface area (Å²) in [6.07, 6.45) is 3.96. The Kier molecular flexibility index (Phi) is 4.89. The van der Waals surface area contributed by atoms with Gasteiger partial charge in [-0.3, -0.25) is 4.79 Å². The van der Waals surface area contributed by atoms with Gasteiger partial charge in [-0.1, -0.05) is 32.4 Å². The van der Waals surface area contributed by atoms with Crippen molar-refractivity contribution >= 4 is 22.6 Å². The SMILES string of the molecule is CCCCc1ccc(-n2nc3ccc(NC(=O)CC)cc3n2)cc1. The number of nitrogens with one attached hydrogen (secondary N) is 1. The Bertz CT molecular complexity index is 836. The van der Waals surface area contributed by atoms with E-state index in [0.717, 1.165) is 28.8 Å². The lowest BCUT2D eigenvalue weighted by Gasteiger charge is -2.02. The van der Waals surface area contributed by atoms with E-state index in [2.05, 4.69) is 34.6 Å². The largest absolute Gasteiger partial charge is 0.326 e. The first-order chi connectivity index (χ1) is 11.7. The van der Waals surface area contributed by atoms with Crippen LogP contribution in [0.5, 0.6) is 0 Å². The summed E-state index contributed by atoms with van der Waals surface area (Å²) in [6.45, 7) is 4.03. The van der Waals surface area contributed by atoms with Crippen molar-refractivity contribution in [2.24, 2.45) is 0 Å². The van der Waals surface area contributed by atoms with Gasteiger partial charge in [0.05, 0.1) is 5.69 Å². The molecule has 1 N–H and O–H groups in total. The first-order valence-corrected chi connectivity index (χ1v) is 8.46. The van der Waals surface area contributed by atoms with Crippen LogP contribution >= 0.6 is 0 Å². The second-order valence-electron chi connectivity index (χ2n) is 5.86. The summed E-state index contributed by atoms with van der Waals surface area (Å²) in [5.74, 6) is -0.00981. The number of carbonyl (C=O) groups is 1. The minimum absolute atomic E-state index is 0.00981. The number of benzene rings is 2. The van der Waals surface area contributed by atoms with E-state index >= 15 is 0 Å². The summed E-state index contributed by atoms with van der Waals surface area (Å²) >= 11 is 0. The molecule has 0 radical (unpaired) electrons. The van der Waals surface area contributed by atoms with Crippen molar-refractivity contribution in [2.45, 2.75) is 39.5 Å². The molecule has 5 nitrogen and oxygen atoms in total. The van der Waals surface area contributed by atoms with Crippen molar-refractivity contribution in [1.82, 2.24) is 15.0 Å². The normalized spacial score (nSPS) is 10.9. The Morgan fingerprint density at radius 2 is 1.79 bits per heavy atom. The van der Waals surface area contributed by atoms with Gasteiger partial charge in [-0.2, -0.15) is 4.80 Å². The molecule has 1 amide bonds. The molecule has 2 aromatic carbocycles. The lowest BCUT2D eigenvalue weighted by Crippen LogP contribution is -2.09. The second kappa shape index (κ2) is 7.25. The van der Waals surface area contributed by atoms with E-state index in [-0.39, 0.29) is 5.91 Å². The van der Waals surface area contributed by atoms with Crippen LogP contribution < -0.4 is 5.32 Å². The fourth-order valence-corrected chi connectivity index (χ4v) is 2.53. The zero-order valence-corrected chi connectivity index (χ0v) is 14.1. The lowest BCUT2D eigenvalue weighted by molar-refractivity contribution is -0.115. The minimum Gasteiger partial charge on any atom is -0.326 e. The number of rotatable bonds is 6. The van der Waals surface area contributed by atoms with E-state index in [0.29, 0.717) is 6.42 Å². The number of hydrogen-bond acceptors (Lipinski definition) is 3. The molecule has 5 heteroatoms. The Labute approximate surface area is 141 Å². The first-order valence-electron chi connectivity index (χ1n) is 8.46. The van der Waals surface area contributed by atoms with Gasteiger partial charge in [0.25, 0.3) is 0 Å². The molecule has 3 rings (SSSR count). The van der Waals surface area contributed by atoms with Gasteiger partial charge in [0.15, 0.2) is 0 Å². The van der Waals surface area contributed by atoms with E-state index in [1.165, 1.54) is 18.4 Å².